The van der Waals surface area contributed by atoms with Crippen LogP contribution in [-0.2, 0) is 0 Å². The summed E-state index contributed by atoms with van der Waals surface area (Å²) in [7, 11) is 0. The van der Waals surface area contributed by atoms with E-state index in [1.807, 2.05) is 41.8 Å². The van der Waals surface area contributed by atoms with Crippen molar-refractivity contribution in [3.63, 3.8) is 0 Å². The van der Waals surface area contributed by atoms with Gasteiger partial charge in [-0.2, -0.15) is 0 Å². The van der Waals surface area contributed by atoms with Gasteiger partial charge >= 0.3 is 0 Å². The summed E-state index contributed by atoms with van der Waals surface area (Å²) < 4.78 is 8.17. The molecule has 1 amide bonds. The number of amides is 1. The SMILES string of the molecule is CC(Oc1cc(-n2cnc3ccc(C4CCNCC4)cc32)sc1C(N)=O)c1ccccc1Cl. The number of ether oxygens (including phenoxy) is 1. The van der Waals surface area contributed by atoms with Crippen molar-refractivity contribution < 1.29 is 9.53 Å². The minimum atomic E-state index is -0.521. The van der Waals surface area contributed by atoms with Gasteiger partial charge in [0.05, 0.1) is 11.0 Å². The Bertz CT molecular complexity index is 1310. The summed E-state index contributed by atoms with van der Waals surface area (Å²) in [5.41, 5.74) is 9.78. The number of halogens is 1. The molecule has 1 saturated heterocycles. The number of piperidine rings is 1. The highest BCUT2D eigenvalue weighted by molar-refractivity contribution is 7.16. The molecule has 1 atom stereocenters. The van der Waals surface area contributed by atoms with Crippen molar-refractivity contribution in [1.82, 2.24) is 14.9 Å². The van der Waals surface area contributed by atoms with Gasteiger partial charge < -0.3 is 15.8 Å². The Morgan fingerprint density at radius 1 is 1.24 bits per heavy atom. The number of imidazole rings is 1. The van der Waals surface area contributed by atoms with Crippen LogP contribution in [0.25, 0.3) is 16.0 Å². The van der Waals surface area contributed by atoms with Crippen LogP contribution in [0.5, 0.6) is 5.75 Å². The summed E-state index contributed by atoms with van der Waals surface area (Å²) >= 11 is 7.64. The molecule has 33 heavy (non-hydrogen) atoms. The first-order valence-electron chi connectivity index (χ1n) is 11.0. The van der Waals surface area contributed by atoms with Crippen molar-refractivity contribution in [3.8, 4) is 10.8 Å². The third-order valence-corrected chi connectivity index (χ3v) is 7.65. The van der Waals surface area contributed by atoms with E-state index in [2.05, 4.69) is 28.5 Å². The molecule has 5 rings (SSSR count). The number of carbonyl (C=O) groups excluding carboxylic acids is 1. The van der Waals surface area contributed by atoms with E-state index < -0.39 is 5.91 Å². The molecule has 3 heterocycles. The van der Waals surface area contributed by atoms with Crippen molar-refractivity contribution in [3.05, 3.63) is 75.9 Å². The fourth-order valence-electron chi connectivity index (χ4n) is 4.41. The zero-order chi connectivity index (χ0) is 22.9. The molecule has 1 fully saturated rings. The van der Waals surface area contributed by atoms with Crippen LogP contribution in [0, 0.1) is 0 Å². The lowest BCUT2D eigenvalue weighted by Crippen LogP contribution is -2.26. The number of benzene rings is 2. The van der Waals surface area contributed by atoms with E-state index in [-0.39, 0.29) is 6.10 Å². The normalized spacial score (nSPS) is 15.6. The number of hydrogen-bond donors (Lipinski definition) is 2. The van der Waals surface area contributed by atoms with Crippen molar-refractivity contribution >= 4 is 39.9 Å². The molecule has 8 heteroatoms. The van der Waals surface area contributed by atoms with Crippen molar-refractivity contribution in [2.24, 2.45) is 5.73 Å². The molecular formula is C25H25ClN4O2S. The third kappa shape index (κ3) is 4.36. The molecule has 0 aliphatic carbocycles. The summed E-state index contributed by atoms with van der Waals surface area (Å²) in [5, 5.41) is 4.87. The second kappa shape index (κ2) is 9.17. The molecule has 170 valence electrons. The predicted molar refractivity (Wildman–Crippen MR) is 133 cm³/mol. The molecule has 4 aromatic rings. The van der Waals surface area contributed by atoms with E-state index in [9.17, 15) is 4.79 Å². The van der Waals surface area contributed by atoms with Crippen LogP contribution in [0.1, 0.15) is 52.6 Å². The maximum absolute atomic E-state index is 12.2. The Hall–Kier alpha value is -2.87. The number of carbonyl (C=O) groups is 1. The molecule has 0 saturated carbocycles. The van der Waals surface area contributed by atoms with Crippen LogP contribution < -0.4 is 15.8 Å². The third-order valence-electron chi connectivity index (χ3n) is 6.18. The van der Waals surface area contributed by atoms with Crippen molar-refractivity contribution in [1.29, 1.82) is 0 Å². The number of primary amides is 1. The number of fused-ring (bicyclic) bond motifs is 1. The second-order valence-corrected chi connectivity index (χ2v) is 9.75. The summed E-state index contributed by atoms with van der Waals surface area (Å²) in [6, 6.07) is 15.8. The van der Waals surface area contributed by atoms with Crippen LogP contribution in [0.4, 0.5) is 0 Å². The van der Waals surface area contributed by atoms with Gasteiger partial charge in [0.2, 0.25) is 0 Å². The first-order valence-corrected chi connectivity index (χ1v) is 12.2. The molecular weight excluding hydrogens is 456 g/mol. The van der Waals surface area contributed by atoms with E-state index >= 15 is 0 Å². The van der Waals surface area contributed by atoms with E-state index in [0.29, 0.717) is 21.6 Å². The van der Waals surface area contributed by atoms with Crippen LogP contribution in [0.2, 0.25) is 5.02 Å². The molecule has 2 aromatic heterocycles. The first-order chi connectivity index (χ1) is 16.0. The summed E-state index contributed by atoms with van der Waals surface area (Å²) in [6.45, 7) is 3.99. The zero-order valence-electron chi connectivity index (χ0n) is 18.3. The zero-order valence-corrected chi connectivity index (χ0v) is 19.8. The lowest BCUT2D eigenvalue weighted by atomic mass is 9.90. The Morgan fingerprint density at radius 3 is 2.79 bits per heavy atom. The molecule has 1 aliphatic rings. The van der Waals surface area contributed by atoms with E-state index in [1.165, 1.54) is 16.9 Å². The Kier molecular flexibility index (Phi) is 6.10. The largest absolute Gasteiger partial charge is 0.484 e. The summed E-state index contributed by atoms with van der Waals surface area (Å²) in [4.78, 5) is 17.2. The number of hydrogen-bond acceptors (Lipinski definition) is 5. The molecule has 2 aromatic carbocycles. The minimum Gasteiger partial charge on any atom is -0.484 e. The highest BCUT2D eigenvalue weighted by Gasteiger charge is 2.22. The van der Waals surface area contributed by atoms with Gasteiger partial charge in [0.15, 0.2) is 0 Å². The number of nitrogens with two attached hydrogens (primary N) is 1. The maximum Gasteiger partial charge on any atom is 0.262 e. The smallest absolute Gasteiger partial charge is 0.262 e. The number of rotatable bonds is 6. The molecule has 1 aliphatic heterocycles. The second-order valence-electron chi connectivity index (χ2n) is 8.31. The number of nitrogens with zero attached hydrogens (tertiary/aromatic N) is 2. The van der Waals surface area contributed by atoms with E-state index in [1.54, 1.807) is 6.33 Å². The van der Waals surface area contributed by atoms with Crippen LogP contribution in [0.15, 0.2) is 54.9 Å². The standard InChI is InChI=1S/C25H25ClN4O2S/c1-15(18-4-2-3-5-19(18)26)32-22-13-23(33-24(22)25(27)31)30-14-29-20-7-6-17(12-21(20)30)16-8-10-28-11-9-16/h2-7,12-16,28H,8-11H2,1H3,(H2,27,31). The van der Waals surface area contributed by atoms with Gasteiger partial charge in [-0.05, 0) is 62.5 Å². The fourth-order valence-corrected chi connectivity index (χ4v) is 5.62. The number of thiophene rings is 1. The van der Waals surface area contributed by atoms with Gasteiger partial charge in [0.25, 0.3) is 5.91 Å². The van der Waals surface area contributed by atoms with Gasteiger partial charge in [0, 0.05) is 16.7 Å². The van der Waals surface area contributed by atoms with Crippen LogP contribution in [0.3, 0.4) is 0 Å². The maximum atomic E-state index is 12.2. The number of aromatic nitrogens is 2. The average Bonchev–Trinajstić information content (AvgIpc) is 3.43. The number of nitrogens with one attached hydrogen (secondary N) is 1. The van der Waals surface area contributed by atoms with Gasteiger partial charge in [-0.25, -0.2) is 4.98 Å². The molecule has 0 spiro atoms. The first kappa shape index (κ1) is 21.9. The van der Waals surface area contributed by atoms with E-state index in [0.717, 1.165) is 47.5 Å². The Balaban J connectivity index is 1.50. The minimum absolute atomic E-state index is 0.342. The quantitative estimate of drug-likeness (QED) is 0.384. The summed E-state index contributed by atoms with van der Waals surface area (Å²) in [6.07, 6.45) is 3.70. The Labute approximate surface area is 201 Å². The lowest BCUT2D eigenvalue weighted by Gasteiger charge is -2.23. The predicted octanol–water partition coefficient (Wildman–Crippen LogP) is 5.45. The van der Waals surface area contributed by atoms with Gasteiger partial charge in [0.1, 0.15) is 28.1 Å². The molecule has 0 bridgehead atoms. The molecule has 1 unspecified atom stereocenters. The highest BCUT2D eigenvalue weighted by Crippen LogP contribution is 2.37. The van der Waals surface area contributed by atoms with Crippen molar-refractivity contribution in [2.45, 2.75) is 31.8 Å². The van der Waals surface area contributed by atoms with Gasteiger partial charge in [-0.3, -0.25) is 9.36 Å². The highest BCUT2D eigenvalue weighted by atomic mass is 35.5. The van der Waals surface area contributed by atoms with Crippen LogP contribution >= 0.6 is 22.9 Å². The fraction of sp³-hybridized carbons (Fsp3) is 0.280. The van der Waals surface area contributed by atoms with Crippen LogP contribution in [-0.4, -0.2) is 28.5 Å². The average molecular weight is 481 g/mol. The van der Waals surface area contributed by atoms with Crippen molar-refractivity contribution in [2.75, 3.05) is 13.1 Å². The van der Waals surface area contributed by atoms with E-state index in [4.69, 9.17) is 22.1 Å². The van der Waals surface area contributed by atoms with Gasteiger partial charge in [-0.15, -0.1) is 11.3 Å². The molecule has 6 nitrogen and oxygen atoms in total. The van der Waals surface area contributed by atoms with Gasteiger partial charge in [-0.1, -0.05) is 35.9 Å². The molecule has 3 N–H and O–H groups in total. The molecule has 0 radical (unpaired) electrons. The Morgan fingerprint density at radius 2 is 2.03 bits per heavy atom. The topological polar surface area (TPSA) is 82.2 Å². The summed E-state index contributed by atoms with van der Waals surface area (Å²) in [5.74, 6) is 0.470. The lowest BCUT2D eigenvalue weighted by molar-refractivity contribution is 0.0998. The monoisotopic (exact) mass is 480 g/mol.